The van der Waals surface area contributed by atoms with Crippen LogP contribution < -0.4 is 0 Å². The van der Waals surface area contributed by atoms with Crippen molar-refractivity contribution < 1.29 is 0 Å². The molecule has 0 spiro atoms. The summed E-state index contributed by atoms with van der Waals surface area (Å²) in [6.07, 6.45) is 13.8. The highest BCUT2D eigenvalue weighted by Crippen LogP contribution is 2.51. The number of hydrogen-bond donors (Lipinski definition) is 0. The van der Waals surface area contributed by atoms with Gasteiger partial charge in [0, 0.05) is 22.2 Å². The second-order valence-corrected chi connectivity index (χ2v) is 8.19. The van der Waals surface area contributed by atoms with E-state index in [0.717, 1.165) is 22.5 Å². The maximum Gasteiger partial charge on any atom is 0.108 e. The third-order valence-corrected chi connectivity index (χ3v) is 6.49. The van der Waals surface area contributed by atoms with Crippen LogP contribution in [-0.2, 0) is 0 Å². The number of benzene rings is 3. The average Bonchev–Trinajstić information content (AvgIpc) is 3.22. The van der Waals surface area contributed by atoms with Crippen molar-refractivity contribution in [1.82, 2.24) is 4.57 Å². The molecule has 154 valence electrons. The van der Waals surface area contributed by atoms with Gasteiger partial charge in [0.05, 0.1) is 16.8 Å². The van der Waals surface area contributed by atoms with E-state index in [-0.39, 0.29) is 0 Å². The first-order valence-electron chi connectivity index (χ1n) is 11.0. The lowest BCUT2D eigenvalue weighted by atomic mass is 9.99. The standard InChI is InChI=1S/C31H20N2/c1-3-8-23-26-18-17-25-24-13-6-10-21-11-7-14-27(29(21)24)30(25)31(26)33(28(23)4-2)22-12-5-9-20(19-32)15-16-22/h3-8,10-18H,2H2,1H3/b8-3-. The molecule has 0 atom stereocenters. The molecule has 6 rings (SSSR count). The molecule has 2 heteroatoms. The molecule has 0 unspecified atom stereocenters. The van der Waals surface area contributed by atoms with E-state index >= 15 is 0 Å². The summed E-state index contributed by atoms with van der Waals surface area (Å²) >= 11 is 0. The average molecular weight is 421 g/mol. The third kappa shape index (κ3) is 2.61. The first kappa shape index (κ1) is 19.1. The summed E-state index contributed by atoms with van der Waals surface area (Å²) in [6.45, 7) is 6.20. The zero-order chi connectivity index (χ0) is 22.5. The molecular weight excluding hydrogens is 400 g/mol. The summed E-state index contributed by atoms with van der Waals surface area (Å²) in [4.78, 5) is 0. The molecule has 0 N–H and O–H groups in total. The number of rotatable bonds is 3. The summed E-state index contributed by atoms with van der Waals surface area (Å²) in [5, 5.41) is 13.1. The third-order valence-electron chi connectivity index (χ3n) is 6.49. The van der Waals surface area contributed by atoms with Gasteiger partial charge in [-0.25, -0.2) is 0 Å². The molecule has 0 saturated heterocycles. The highest BCUT2D eigenvalue weighted by molar-refractivity contribution is 6.22. The van der Waals surface area contributed by atoms with E-state index < -0.39 is 0 Å². The zero-order valence-corrected chi connectivity index (χ0v) is 18.3. The minimum absolute atomic E-state index is 0.508. The van der Waals surface area contributed by atoms with Crippen molar-refractivity contribution in [3.8, 4) is 28.3 Å². The van der Waals surface area contributed by atoms with E-state index in [9.17, 15) is 5.26 Å². The fraction of sp³-hybridized carbons (Fsp3) is 0.0323. The molecule has 0 aliphatic heterocycles. The van der Waals surface area contributed by atoms with Gasteiger partial charge in [-0.1, -0.05) is 67.3 Å². The molecule has 1 aromatic heterocycles. The van der Waals surface area contributed by atoms with Crippen LogP contribution >= 0.6 is 0 Å². The lowest BCUT2D eigenvalue weighted by Crippen LogP contribution is -1.99. The first-order valence-corrected chi connectivity index (χ1v) is 11.0. The minimum Gasteiger partial charge on any atom is -0.309 e. The molecule has 0 radical (unpaired) electrons. The van der Waals surface area contributed by atoms with Gasteiger partial charge in [-0.2, -0.15) is 5.26 Å². The van der Waals surface area contributed by atoms with Crippen molar-refractivity contribution >= 4 is 39.5 Å². The molecule has 33 heavy (non-hydrogen) atoms. The number of nitriles is 1. The molecule has 0 amide bonds. The van der Waals surface area contributed by atoms with E-state index in [1.54, 1.807) is 0 Å². The molecule has 0 saturated carbocycles. The highest BCUT2D eigenvalue weighted by Gasteiger charge is 2.27. The number of hydrogen-bond acceptors (Lipinski definition) is 1. The summed E-state index contributed by atoms with van der Waals surface area (Å²) < 4.78 is 2.27. The maximum absolute atomic E-state index is 9.36. The smallest absolute Gasteiger partial charge is 0.108 e. The Labute approximate surface area is 192 Å². The number of allylic oxidation sites excluding steroid dienone is 6. The van der Waals surface area contributed by atoms with Gasteiger partial charge in [-0.3, -0.25) is 0 Å². The van der Waals surface area contributed by atoms with Gasteiger partial charge in [0.15, 0.2) is 0 Å². The number of nitrogens with zero attached hydrogens (tertiary/aromatic N) is 2. The number of aromatic nitrogens is 1. The van der Waals surface area contributed by atoms with Crippen LogP contribution in [0, 0.1) is 11.3 Å². The van der Waals surface area contributed by atoms with E-state index in [1.165, 1.54) is 38.4 Å². The van der Waals surface area contributed by atoms with Crippen molar-refractivity contribution in [3.05, 3.63) is 108 Å². The summed E-state index contributed by atoms with van der Waals surface area (Å²) in [5.41, 5.74) is 12.9. The normalized spacial score (nSPS) is 13.8. The molecule has 0 bridgehead atoms. The van der Waals surface area contributed by atoms with E-state index in [0.29, 0.717) is 5.57 Å². The zero-order valence-electron chi connectivity index (χ0n) is 18.3. The predicted molar refractivity (Wildman–Crippen MR) is 139 cm³/mol. The second-order valence-electron chi connectivity index (χ2n) is 8.19. The van der Waals surface area contributed by atoms with Gasteiger partial charge in [0.2, 0.25) is 0 Å². The molecule has 2 aliphatic rings. The van der Waals surface area contributed by atoms with Crippen molar-refractivity contribution in [3.63, 3.8) is 0 Å². The lowest BCUT2D eigenvalue weighted by molar-refractivity contribution is 1.16. The van der Waals surface area contributed by atoms with Gasteiger partial charge < -0.3 is 4.57 Å². The van der Waals surface area contributed by atoms with Crippen LogP contribution in [0.15, 0.2) is 96.8 Å². The van der Waals surface area contributed by atoms with Crippen LogP contribution in [0.5, 0.6) is 0 Å². The minimum atomic E-state index is 0.508. The molecule has 4 aromatic rings. The topological polar surface area (TPSA) is 28.7 Å². The molecule has 2 aliphatic carbocycles. The molecule has 3 aromatic carbocycles. The van der Waals surface area contributed by atoms with E-state index in [2.05, 4.69) is 83.6 Å². The Kier molecular flexibility index (Phi) is 4.20. The Bertz CT molecular complexity index is 1710. The van der Waals surface area contributed by atoms with E-state index in [1.807, 2.05) is 37.3 Å². The molecule has 1 heterocycles. The quantitative estimate of drug-likeness (QED) is 0.271. The van der Waals surface area contributed by atoms with Crippen LogP contribution in [0.3, 0.4) is 0 Å². The first-order chi connectivity index (χ1) is 16.3. The van der Waals surface area contributed by atoms with Gasteiger partial charge in [0.25, 0.3) is 0 Å². The monoisotopic (exact) mass is 420 g/mol. The van der Waals surface area contributed by atoms with Crippen molar-refractivity contribution in [2.75, 3.05) is 0 Å². The summed E-state index contributed by atoms with van der Waals surface area (Å²) in [5.74, 6) is 0. The molecule has 0 fully saturated rings. The Balaban J connectivity index is 1.79. The van der Waals surface area contributed by atoms with Gasteiger partial charge in [-0.05, 0) is 64.8 Å². The Morgan fingerprint density at radius 2 is 1.82 bits per heavy atom. The maximum atomic E-state index is 9.36. The summed E-state index contributed by atoms with van der Waals surface area (Å²) in [7, 11) is 0. The predicted octanol–water partition coefficient (Wildman–Crippen LogP) is 8.13. The fourth-order valence-corrected chi connectivity index (χ4v) is 5.21. The van der Waals surface area contributed by atoms with Gasteiger partial charge in [0.1, 0.15) is 6.07 Å². The Hall–Kier alpha value is -4.57. The fourth-order valence-electron chi connectivity index (χ4n) is 5.21. The van der Waals surface area contributed by atoms with Crippen LogP contribution in [0.4, 0.5) is 0 Å². The van der Waals surface area contributed by atoms with Gasteiger partial charge in [-0.15, -0.1) is 5.73 Å². The number of fused-ring (bicyclic) bond motifs is 5. The lowest BCUT2D eigenvalue weighted by Gasteiger charge is -2.13. The van der Waals surface area contributed by atoms with Crippen LogP contribution in [0.1, 0.15) is 18.2 Å². The largest absolute Gasteiger partial charge is 0.309 e. The Morgan fingerprint density at radius 3 is 2.58 bits per heavy atom. The van der Waals surface area contributed by atoms with Crippen molar-refractivity contribution in [1.29, 1.82) is 5.26 Å². The van der Waals surface area contributed by atoms with Crippen LogP contribution in [0.25, 0.3) is 61.8 Å². The SMILES string of the molecule is C=Cc1c(/C=C\C)c2ccc3c(c2n1C1=CC=C=C(C#N)C=C1)-c1cccc2cccc-3c12. The van der Waals surface area contributed by atoms with Crippen molar-refractivity contribution in [2.45, 2.75) is 6.92 Å². The van der Waals surface area contributed by atoms with Crippen LogP contribution in [-0.4, -0.2) is 4.57 Å². The van der Waals surface area contributed by atoms with Crippen LogP contribution in [0.2, 0.25) is 0 Å². The highest BCUT2D eigenvalue weighted by atomic mass is 15.0. The Morgan fingerprint density at radius 1 is 1.00 bits per heavy atom. The summed E-state index contributed by atoms with van der Waals surface area (Å²) in [6, 6.07) is 19.8. The molecule has 2 nitrogen and oxygen atoms in total. The second kappa shape index (κ2) is 7.24. The molecular formula is C31H20N2. The van der Waals surface area contributed by atoms with Gasteiger partial charge >= 0.3 is 0 Å². The van der Waals surface area contributed by atoms with E-state index in [4.69, 9.17) is 0 Å². The van der Waals surface area contributed by atoms with Crippen molar-refractivity contribution in [2.24, 2.45) is 0 Å².